The third-order valence-corrected chi connectivity index (χ3v) is 7.36. The number of carbonyl (C=O) groups excluding carboxylic acids is 2. The molecule has 3 aromatic carbocycles. The van der Waals surface area contributed by atoms with Crippen molar-refractivity contribution in [2.75, 3.05) is 12.0 Å². The van der Waals surface area contributed by atoms with Crippen molar-refractivity contribution in [1.82, 2.24) is 0 Å². The third kappa shape index (κ3) is 3.28. The van der Waals surface area contributed by atoms with Crippen molar-refractivity contribution in [2.45, 2.75) is 32.6 Å². The topological polar surface area (TPSA) is 46.6 Å². The zero-order valence-corrected chi connectivity index (χ0v) is 20.2. The summed E-state index contributed by atoms with van der Waals surface area (Å²) in [6.45, 7) is 4.30. The highest BCUT2D eigenvalue weighted by atomic mass is 16.5. The predicted molar refractivity (Wildman–Crippen MR) is 137 cm³/mol. The molecular formula is C31H27NO3. The lowest BCUT2D eigenvalue weighted by molar-refractivity contribution is -0.118. The number of anilines is 1. The van der Waals surface area contributed by atoms with E-state index >= 15 is 0 Å². The van der Waals surface area contributed by atoms with Gasteiger partial charge in [-0.05, 0) is 41.7 Å². The zero-order valence-electron chi connectivity index (χ0n) is 20.2. The van der Waals surface area contributed by atoms with Gasteiger partial charge >= 0.3 is 0 Å². The Morgan fingerprint density at radius 1 is 0.800 bits per heavy atom. The SMILES string of the molecule is COc1ccc(C2C3=C(CC(C)(C)CC3=O)N(c3ccccc3)C3=C2C(=O)c2ccccc23)cc1. The van der Waals surface area contributed by atoms with Crippen LogP contribution < -0.4 is 9.64 Å². The number of carbonyl (C=O) groups is 2. The van der Waals surface area contributed by atoms with E-state index in [9.17, 15) is 9.59 Å². The van der Waals surface area contributed by atoms with Crippen LogP contribution in [-0.4, -0.2) is 18.7 Å². The summed E-state index contributed by atoms with van der Waals surface area (Å²) in [5, 5.41) is 0. The third-order valence-electron chi connectivity index (χ3n) is 7.36. The summed E-state index contributed by atoms with van der Waals surface area (Å²) in [5.74, 6) is 0.459. The molecule has 0 amide bonds. The van der Waals surface area contributed by atoms with Crippen LogP contribution in [0, 0.1) is 5.41 Å². The van der Waals surface area contributed by atoms with E-state index < -0.39 is 5.92 Å². The number of benzene rings is 3. The molecule has 0 bridgehead atoms. The number of allylic oxidation sites excluding steroid dienone is 3. The minimum atomic E-state index is -0.408. The van der Waals surface area contributed by atoms with Crippen LogP contribution in [0.3, 0.4) is 0 Å². The Labute approximate surface area is 205 Å². The molecule has 3 aromatic rings. The Hall–Kier alpha value is -3.92. The molecule has 2 aliphatic carbocycles. The first-order valence-electron chi connectivity index (χ1n) is 12.0. The standard InChI is InChI=1S/C31H27NO3/c1-31(2)17-24-27(25(33)18-31)26(19-13-15-21(35-3)16-14-19)28-29(32(24)20-9-5-4-6-10-20)22-11-7-8-12-23(22)30(28)34/h4-16,26H,17-18H2,1-3H3. The zero-order chi connectivity index (χ0) is 24.3. The predicted octanol–water partition coefficient (Wildman–Crippen LogP) is 6.55. The molecule has 4 heteroatoms. The Balaban J connectivity index is 1.68. The fraction of sp³-hybridized carbons (Fsp3) is 0.226. The number of methoxy groups -OCH3 is 1. The van der Waals surface area contributed by atoms with Crippen LogP contribution in [0.1, 0.15) is 54.1 Å². The molecule has 0 spiro atoms. The van der Waals surface area contributed by atoms with Crippen LogP contribution in [0.2, 0.25) is 0 Å². The second-order valence-electron chi connectivity index (χ2n) is 10.3. The summed E-state index contributed by atoms with van der Waals surface area (Å²) >= 11 is 0. The molecule has 1 atom stereocenters. The quantitative estimate of drug-likeness (QED) is 0.444. The van der Waals surface area contributed by atoms with E-state index in [1.807, 2.05) is 66.7 Å². The van der Waals surface area contributed by atoms with Gasteiger partial charge < -0.3 is 9.64 Å². The van der Waals surface area contributed by atoms with Gasteiger partial charge in [0.05, 0.1) is 12.8 Å². The summed E-state index contributed by atoms with van der Waals surface area (Å²) < 4.78 is 5.38. The number of ketones is 2. The number of ether oxygens (including phenoxy) is 1. The van der Waals surface area contributed by atoms with Gasteiger partial charge in [0.25, 0.3) is 0 Å². The fourth-order valence-corrected chi connectivity index (χ4v) is 5.89. The first-order chi connectivity index (χ1) is 16.9. The summed E-state index contributed by atoms with van der Waals surface area (Å²) in [4.78, 5) is 30.0. The van der Waals surface area contributed by atoms with Crippen molar-refractivity contribution in [3.8, 4) is 5.75 Å². The maximum atomic E-state index is 14.0. The van der Waals surface area contributed by atoms with Gasteiger partial charge in [-0.3, -0.25) is 9.59 Å². The van der Waals surface area contributed by atoms with Crippen molar-refractivity contribution in [3.63, 3.8) is 0 Å². The van der Waals surface area contributed by atoms with Gasteiger partial charge in [-0.1, -0.05) is 68.4 Å². The van der Waals surface area contributed by atoms with Crippen LogP contribution in [0.5, 0.6) is 5.75 Å². The van der Waals surface area contributed by atoms with E-state index in [1.165, 1.54) is 0 Å². The van der Waals surface area contributed by atoms with E-state index in [0.29, 0.717) is 17.6 Å². The fourth-order valence-electron chi connectivity index (χ4n) is 5.89. The number of Topliss-reactive ketones (excluding diaryl/α,β-unsaturated/α-hetero) is 2. The molecule has 1 heterocycles. The Bertz CT molecular complexity index is 1430. The highest BCUT2D eigenvalue weighted by molar-refractivity contribution is 6.25. The van der Waals surface area contributed by atoms with Crippen molar-refractivity contribution in [3.05, 3.63) is 112 Å². The summed E-state index contributed by atoms with van der Waals surface area (Å²) in [5.41, 5.74) is 6.70. The van der Waals surface area contributed by atoms with Gasteiger partial charge in [0.2, 0.25) is 0 Å². The van der Waals surface area contributed by atoms with Gasteiger partial charge in [0, 0.05) is 46.0 Å². The van der Waals surface area contributed by atoms with E-state index in [4.69, 9.17) is 4.74 Å². The second-order valence-corrected chi connectivity index (χ2v) is 10.3. The van der Waals surface area contributed by atoms with Crippen molar-refractivity contribution in [2.24, 2.45) is 5.41 Å². The molecule has 1 unspecified atom stereocenters. The molecule has 0 saturated carbocycles. The molecule has 174 valence electrons. The smallest absolute Gasteiger partial charge is 0.192 e. The number of fused-ring (bicyclic) bond motifs is 2. The highest BCUT2D eigenvalue weighted by Gasteiger charge is 2.49. The number of rotatable bonds is 3. The van der Waals surface area contributed by atoms with Gasteiger partial charge in [0.1, 0.15) is 5.75 Å². The van der Waals surface area contributed by atoms with Crippen LogP contribution >= 0.6 is 0 Å². The highest BCUT2D eigenvalue weighted by Crippen LogP contribution is 2.56. The average Bonchev–Trinajstić information content (AvgIpc) is 3.15. The summed E-state index contributed by atoms with van der Waals surface area (Å²) in [7, 11) is 1.64. The summed E-state index contributed by atoms with van der Waals surface area (Å²) in [6, 6.07) is 25.7. The molecule has 1 aliphatic heterocycles. The maximum Gasteiger partial charge on any atom is 0.192 e. The number of hydrogen-bond donors (Lipinski definition) is 0. The number of para-hydroxylation sites is 1. The minimum Gasteiger partial charge on any atom is -0.497 e. The van der Waals surface area contributed by atoms with Crippen molar-refractivity contribution in [1.29, 1.82) is 0 Å². The molecule has 0 N–H and O–H groups in total. The average molecular weight is 462 g/mol. The van der Waals surface area contributed by atoms with Crippen molar-refractivity contribution < 1.29 is 14.3 Å². The van der Waals surface area contributed by atoms with Gasteiger partial charge in [-0.25, -0.2) is 0 Å². The van der Waals surface area contributed by atoms with E-state index in [2.05, 4.69) is 30.9 Å². The molecule has 3 aliphatic rings. The lowest BCUT2D eigenvalue weighted by Gasteiger charge is -2.44. The largest absolute Gasteiger partial charge is 0.497 e. The Kier molecular flexibility index (Phi) is 4.82. The molecule has 0 aromatic heterocycles. The van der Waals surface area contributed by atoms with Crippen LogP contribution in [0.25, 0.3) is 5.70 Å². The molecule has 4 nitrogen and oxygen atoms in total. The first-order valence-corrected chi connectivity index (χ1v) is 12.0. The van der Waals surface area contributed by atoms with Gasteiger partial charge in [-0.2, -0.15) is 0 Å². The first kappa shape index (κ1) is 21.6. The molecule has 0 fully saturated rings. The normalized spacial score (nSPS) is 20.5. The number of hydrogen-bond acceptors (Lipinski definition) is 4. The molecular weight excluding hydrogens is 434 g/mol. The van der Waals surface area contributed by atoms with E-state index in [0.717, 1.165) is 46.0 Å². The van der Waals surface area contributed by atoms with Crippen molar-refractivity contribution >= 4 is 23.0 Å². The molecule has 35 heavy (non-hydrogen) atoms. The Morgan fingerprint density at radius 2 is 1.46 bits per heavy atom. The minimum absolute atomic E-state index is 0.00142. The molecule has 6 rings (SSSR count). The summed E-state index contributed by atoms with van der Waals surface area (Å²) in [6.07, 6.45) is 1.22. The maximum absolute atomic E-state index is 14.0. The lowest BCUT2D eigenvalue weighted by atomic mass is 9.68. The van der Waals surface area contributed by atoms with Crippen LogP contribution in [-0.2, 0) is 4.79 Å². The molecule has 0 radical (unpaired) electrons. The second kappa shape index (κ2) is 7.81. The number of nitrogens with zero attached hydrogens (tertiary/aromatic N) is 1. The lowest BCUT2D eigenvalue weighted by Crippen LogP contribution is -2.39. The van der Waals surface area contributed by atoms with Crippen LogP contribution in [0.15, 0.2) is 95.7 Å². The van der Waals surface area contributed by atoms with Gasteiger partial charge in [0.15, 0.2) is 11.6 Å². The molecule has 0 saturated heterocycles. The monoisotopic (exact) mass is 461 g/mol. The van der Waals surface area contributed by atoms with Gasteiger partial charge in [-0.15, -0.1) is 0 Å². The van der Waals surface area contributed by atoms with E-state index in [-0.39, 0.29) is 17.0 Å². The van der Waals surface area contributed by atoms with E-state index in [1.54, 1.807) is 7.11 Å². The Morgan fingerprint density at radius 3 is 2.14 bits per heavy atom. The van der Waals surface area contributed by atoms with Crippen LogP contribution in [0.4, 0.5) is 5.69 Å².